The predicted molar refractivity (Wildman–Crippen MR) is 116 cm³/mol. The fourth-order valence-corrected chi connectivity index (χ4v) is 5.30. The standard InChI is InChI=1S/C21H26ClN3O3S/c1-24(2)18-9-6-16(7-10-18)15-23-21(26)17-8-11-19(22)20(14-17)29(27,28)25-12-4-3-5-13-25/h6-11,14H,3-5,12-13,15H2,1-2H3,(H,23,26). The molecule has 0 bridgehead atoms. The summed E-state index contributed by atoms with van der Waals surface area (Å²) in [5.41, 5.74) is 2.30. The molecule has 1 saturated heterocycles. The van der Waals surface area contributed by atoms with Gasteiger partial charge in [-0.05, 0) is 48.7 Å². The number of carbonyl (C=O) groups excluding carboxylic acids is 1. The van der Waals surface area contributed by atoms with Crippen LogP contribution < -0.4 is 10.2 Å². The van der Waals surface area contributed by atoms with Crippen LogP contribution in [-0.2, 0) is 16.6 Å². The second kappa shape index (κ2) is 9.15. The molecule has 0 spiro atoms. The zero-order valence-electron chi connectivity index (χ0n) is 16.7. The lowest BCUT2D eigenvalue weighted by Gasteiger charge is -2.26. The first-order chi connectivity index (χ1) is 13.8. The summed E-state index contributed by atoms with van der Waals surface area (Å²) in [7, 11) is 0.218. The van der Waals surface area contributed by atoms with Gasteiger partial charge in [-0.25, -0.2) is 8.42 Å². The second-order valence-corrected chi connectivity index (χ2v) is 9.67. The SMILES string of the molecule is CN(C)c1ccc(CNC(=O)c2ccc(Cl)c(S(=O)(=O)N3CCCCC3)c2)cc1. The van der Waals surface area contributed by atoms with Crippen LogP contribution in [0.4, 0.5) is 5.69 Å². The van der Waals surface area contributed by atoms with E-state index in [9.17, 15) is 13.2 Å². The quantitative estimate of drug-likeness (QED) is 0.753. The van der Waals surface area contributed by atoms with Crippen LogP contribution in [0.5, 0.6) is 0 Å². The molecule has 8 heteroatoms. The minimum absolute atomic E-state index is 0.0101. The van der Waals surface area contributed by atoms with Gasteiger partial charge in [0.25, 0.3) is 5.91 Å². The van der Waals surface area contributed by atoms with E-state index in [2.05, 4.69) is 5.32 Å². The molecular weight excluding hydrogens is 410 g/mol. The van der Waals surface area contributed by atoms with E-state index in [0.717, 1.165) is 30.5 Å². The normalized spacial score (nSPS) is 15.1. The molecule has 0 unspecified atom stereocenters. The highest BCUT2D eigenvalue weighted by molar-refractivity contribution is 7.89. The van der Waals surface area contributed by atoms with E-state index in [1.165, 1.54) is 16.4 Å². The molecule has 2 aromatic rings. The van der Waals surface area contributed by atoms with Gasteiger partial charge in [0.15, 0.2) is 0 Å². The molecule has 1 fully saturated rings. The first-order valence-corrected chi connectivity index (χ1v) is 11.4. The highest BCUT2D eigenvalue weighted by Gasteiger charge is 2.28. The van der Waals surface area contributed by atoms with Crippen LogP contribution in [0.15, 0.2) is 47.4 Å². The number of sulfonamides is 1. The Kier molecular flexibility index (Phi) is 6.82. The topological polar surface area (TPSA) is 69.7 Å². The third-order valence-corrected chi connectivity index (χ3v) is 7.41. The minimum atomic E-state index is -3.71. The zero-order chi connectivity index (χ0) is 21.0. The lowest BCUT2D eigenvalue weighted by molar-refractivity contribution is 0.0950. The van der Waals surface area contributed by atoms with Gasteiger partial charge in [0.2, 0.25) is 10.0 Å². The van der Waals surface area contributed by atoms with Gasteiger partial charge in [-0.2, -0.15) is 4.31 Å². The molecule has 6 nitrogen and oxygen atoms in total. The van der Waals surface area contributed by atoms with Crippen molar-refractivity contribution in [3.8, 4) is 0 Å². The Morgan fingerprint density at radius 1 is 1.07 bits per heavy atom. The van der Waals surface area contributed by atoms with Crippen LogP contribution in [0.25, 0.3) is 0 Å². The van der Waals surface area contributed by atoms with Crippen LogP contribution in [0.3, 0.4) is 0 Å². The minimum Gasteiger partial charge on any atom is -0.378 e. The monoisotopic (exact) mass is 435 g/mol. The van der Waals surface area contributed by atoms with Crippen molar-refractivity contribution < 1.29 is 13.2 Å². The fraction of sp³-hybridized carbons (Fsp3) is 0.381. The Labute approximate surface area is 177 Å². The van der Waals surface area contributed by atoms with Crippen LogP contribution in [0.2, 0.25) is 5.02 Å². The first kappa shape index (κ1) is 21.6. The lowest BCUT2D eigenvalue weighted by atomic mass is 10.1. The summed E-state index contributed by atoms with van der Waals surface area (Å²) in [5, 5.41) is 2.97. The molecule has 2 aromatic carbocycles. The maximum Gasteiger partial charge on any atom is 0.251 e. The Balaban J connectivity index is 1.73. The maximum atomic E-state index is 13.0. The predicted octanol–water partition coefficient (Wildman–Crippen LogP) is 3.51. The van der Waals surface area contributed by atoms with E-state index in [1.807, 2.05) is 43.3 Å². The largest absolute Gasteiger partial charge is 0.378 e. The molecular formula is C21H26ClN3O3S. The third-order valence-electron chi connectivity index (χ3n) is 5.03. The highest BCUT2D eigenvalue weighted by Crippen LogP contribution is 2.28. The first-order valence-electron chi connectivity index (χ1n) is 9.63. The zero-order valence-corrected chi connectivity index (χ0v) is 18.3. The smallest absolute Gasteiger partial charge is 0.251 e. The van der Waals surface area contributed by atoms with E-state index in [4.69, 9.17) is 11.6 Å². The van der Waals surface area contributed by atoms with Crippen molar-refractivity contribution in [1.82, 2.24) is 9.62 Å². The molecule has 0 radical (unpaired) electrons. The van der Waals surface area contributed by atoms with Crippen LogP contribution in [0, 0.1) is 0 Å². The Bertz CT molecular complexity index is 969. The van der Waals surface area contributed by atoms with Gasteiger partial charge < -0.3 is 10.2 Å². The van der Waals surface area contributed by atoms with Gasteiger partial charge in [0.1, 0.15) is 4.90 Å². The van der Waals surface area contributed by atoms with Crippen molar-refractivity contribution in [3.05, 3.63) is 58.6 Å². The third kappa shape index (κ3) is 5.10. The number of carbonyl (C=O) groups is 1. The number of hydrogen-bond donors (Lipinski definition) is 1. The molecule has 156 valence electrons. The highest BCUT2D eigenvalue weighted by atomic mass is 35.5. The number of piperidine rings is 1. The number of nitrogens with one attached hydrogen (secondary N) is 1. The number of rotatable bonds is 6. The van der Waals surface area contributed by atoms with Crippen LogP contribution >= 0.6 is 11.6 Å². The van der Waals surface area contributed by atoms with Gasteiger partial charge >= 0.3 is 0 Å². The van der Waals surface area contributed by atoms with Gasteiger partial charge in [-0.1, -0.05) is 30.2 Å². The number of anilines is 1. The average molecular weight is 436 g/mol. The molecule has 0 saturated carbocycles. The van der Waals surface area contributed by atoms with E-state index < -0.39 is 10.0 Å². The lowest BCUT2D eigenvalue weighted by Crippen LogP contribution is -2.36. The van der Waals surface area contributed by atoms with E-state index >= 15 is 0 Å². The summed E-state index contributed by atoms with van der Waals surface area (Å²) < 4.78 is 27.4. The number of halogens is 1. The van der Waals surface area contributed by atoms with Gasteiger partial charge in [-0.3, -0.25) is 4.79 Å². The fourth-order valence-electron chi connectivity index (χ4n) is 3.28. The summed E-state index contributed by atoms with van der Waals surface area (Å²) >= 11 is 6.18. The molecule has 1 heterocycles. The van der Waals surface area contributed by atoms with Crippen molar-refractivity contribution in [2.24, 2.45) is 0 Å². The van der Waals surface area contributed by atoms with Gasteiger partial charge in [0.05, 0.1) is 5.02 Å². The Hall–Kier alpha value is -2.09. The Morgan fingerprint density at radius 2 is 1.72 bits per heavy atom. The van der Waals surface area contributed by atoms with E-state index in [1.54, 1.807) is 6.07 Å². The summed E-state index contributed by atoms with van der Waals surface area (Å²) in [5.74, 6) is -0.339. The molecule has 1 aliphatic heterocycles. The van der Waals surface area contributed by atoms with E-state index in [-0.39, 0.29) is 21.4 Å². The summed E-state index contributed by atoms with van der Waals surface area (Å²) in [6, 6.07) is 12.2. The van der Waals surface area contributed by atoms with Crippen LogP contribution in [0.1, 0.15) is 35.2 Å². The summed E-state index contributed by atoms with van der Waals surface area (Å²) in [6.45, 7) is 1.32. The van der Waals surface area contributed by atoms with Crippen molar-refractivity contribution in [2.45, 2.75) is 30.7 Å². The van der Waals surface area contributed by atoms with Crippen molar-refractivity contribution >= 4 is 33.2 Å². The number of benzene rings is 2. The molecule has 1 amide bonds. The summed E-state index contributed by atoms with van der Waals surface area (Å²) in [4.78, 5) is 14.6. The molecule has 1 aliphatic rings. The van der Waals surface area contributed by atoms with Crippen molar-refractivity contribution in [1.29, 1.82) is 0 Å². The summed E-state index contributed by atoms with van der Waals surface area (Å²) in [6.07, 6.45) is 2.70. The van der Waals surface area contributed by atoms with Crippen molar-refractivity contribution in [2.75, 3.05) is 32.1 Å². The molecule has 0 aliphatic carbocycles. The molecule has 29 heavy (non-hydrogen) atoms. The molecule has 3 rings (SSSR count). The average Bonchev–Trinajstić information content (AvgIpc) is 2.73. The number of nitrogens with zero attached hydrogens (tertiary/aromatic N) is 2. The Morgan fingerprint density at radius 3 is 2.34 bits per heavy atom. The van der Waals surface area contributed by atoms with Gasteiger partial charge in [-0.15, -0.1) is 0 Å². The van der Waals surface area contributed by atoms with Crippen molar-refractivity contribution in [3.63, 3.8) is 0 Å². The van der Waals surface area contributed by atoms with Gasteiger partial charge in [0, 0.05) is 45.0 Å². The van der Waals surface area contributed by atoms with Crippen LogP contribution in [-0.4, -0.2) is 45.8 Å². The molecule has 0 atom stereocenters. The number of amides is 1. The molecule has 1 N–H and O–H groups in total. The van der Waals surface area contributed by atoms with E-state index in [0.29, 0.717) is 19.6 Å². The number of hydrogen-bond acceptors (Lipinski definition) is 4. The maximum absolute atomic E-state index is 13.0. The molecule has 0 aromatic heterocycles. The second-order valence-electron chi connectivity index (χ2n) is 7.35.